The molecule has 1 aromatic heterocycles. The van der Waals surface area contributed by atoms with Crippen molar-refractivity contribution in [2.75, 3.05) is 19.0 Å². The molecule has 0 unspecified atom stereocenters. The van der Waals surface area contributed by atoms with Gasteiger partial charge in [0.15, 0.2) is 0 Å². The second-order valence-electron chi connectivity index (χ2n) is 7.29. The number of methoxy groups -OCH3 is 1. The molecule has 0 spiro atoms. The summed E-state index contributed by atoms with van der Waals surface area (Å²) in [6.45, 7) is 2.84. The van der Waals surface area contributed by atoms with Gasteiger partial charge in [-0.15, -0.1) is 0 Å². The molecule has 0 bridgehead atoms. The number of nitrogens with one attached hydrogen (secondary N) is 2. The highest BCUT2D eigenvalue weighted by atomic mass is 16.5. The van der Waals surface area contributed by atoms with Gasteiger partial charge in [-0.2, -0.15) is 0 Å². The Morgan fingerprint density at radius 2 is 1.77 bits per heavy atom. The lowest BCUT2D eigenvalue weighted by Crippen LogP contribution is -2.41. The van der Waals surface area contributed by atoms with Gasteiger partial charge in [0.25, 0.3) is 11.8 Å². The van der Waals surface area contributed by atoms with E-state index in [1.54, 1.807) is 19.5 Å². The molecule has 30 heavy (non-hydrogen) atoms. The van der Waals surface area contributed by atoms with Crippen LogP contribution in [0, 0.1) is 0 Å². The maximum Gasteiger partial charge on any atom is 0.319 e. The Balaban J connectivity index is 1.39. The molecule has 2 N–H and O–H groups in total. The van der Waals surface area contributed by atoms with Crippen LogP contribution in [0.15, 0.2) is 36.7 Å². The average Bonchev–Trinajstić information content (AvgIpc) is 2.77. The van der Waals surface area contributed by atoms with Gasteiger partial charge in [0.1, 0.15) is 11.9 Å². The van der Waals surface area contributed by atoms with E-state index in [0.29, 0.717) is 18.4 Å². The molecule has 2 amide bonds. The maximum absolute atomic E-state index is 12.3. The number of amides is 2. The molecule has 8 nitrogen and oxygen atoms in total. The third kappa shape index (κ3) is 6.50. The van der Waals surface area contributed by atoms with Gasteiger partial charge >= 0.3 is 6.03 Å². The first-order valence-corrected chi connectivity index (χ1v) is 10.5. The van der Waals surface area contributed by atoms with E-state index in [1.807, 2.05) is 24.3 Å². The molecule has 2 aromatic rings. The van der Waals surface area contributed by atoms with Gasteiger partial charge in [0, 0.05) is 24.1 Å². The van der Waals surface area contributed by atoms with Gasteiger partial charge in [-0.05, 0) is 56.4 Å². The van der Waals surface area contributed by atoms with E-state index >= 15 is 0 Å². The van der Waals surface area contributed by atoms with Crippen molar-refractivity contribution < 1.29 is 19.0 Å². The van der Waals surface area contributed by atoms with E-state index in [9.17, 15) is 4.79 Å². The predicted octanol–water partition coefficient (Wildman–Crippen LogP) is 4.18. The van der Waals surface area contributed by atoms with Gasteiger partial charge in [0.2, 0.25) is 0 Å². The van der Waals surface area contributed by atoms with E-state index in [2.05, 4.69) is 27.5 Å². The first kappa shape index (κ1) is 21.7. The van der Waals surface area contributed by atoms with Crippen LogP contribution < -0.4 is 24.8 Å². The second-order valence-corrected chi connectivity index (χ2v) is 7.29. The number of rotatable bonds is 9. The summed E-state index contributed by atoms with van der Waals surface area (Å²) < 4.78 is 16.7. The molecule has 1 fully saturated rings. The Hall–Kier alpha value is -3.03. The summed E-state index contributed by atoms with van der Waals surface area (Å²) in [6, 6.07) is 7.35. The highest BCUT2D eigenvalue weighted by Gasteiger charge is 2.25. The van der Waals surface area contributed by atoms with Crippen LogP contribution in [0.25, 0.3) is 0 Å². The smallest absolute Gasteiger partial charge is 0.319 e. The summed E-state index contributed by atoms with van der Waals surface area (Å²) in [5.41, 5.74) is 0.738. The number of ether oxygens (including phenoxy) is 3. The quantitative estimate of drug-likeness (QED) is 0.598. The molecule has 0 aliphatic heterocycles. The Morgan fingerprint density at radius 3 is 2.43 bits per heavy atom. The minimum atomic E-state index is -0.199. The molecular formula is C22H30N4O4. The maximum atomic E-state index is 12.3. The molecule has 0 radical (unpaired) electrons. The zero-order valence-electron chi connectivity index (χ0n) is 17.6. The number of unbranched alkanes of at least 4 members (excludes halogenated alkanes) is 1. The molecule has 0 atom stereocenters. The Bertz CT molecular complexity index is 792. The minimum Gasteiger partial charge on any atom is -0.494 e. The van der Waals surface area contributed by atoms with Crippen molar-refractivity contribution in [2.45, 2.75) is 57.6 Å². The summed E-state index contributed by atoms with van der Waals surface area (Å²) in [4.78, 5) is 20.6. The van der Waals surface area contributed by atoms with Crippen molar-refractivity contribution >= 4 is 11.7 Å². The third-order valence-electron chi connectivity index (χ3n) is 4.99. The van der Waals surface area contributed by atoms with Crippen molar-refractivity contribution in [3.8, 4) is 17.5 Å². The fourth-order valence-corrected chi connectivity index (χ4v) is 3.34. The number of urea groups is 1. The van der Waals surface area contributed by atoms with E-state index in [4.69, 9.17) is 14.2 Å². The fourth-order valence-electron chi connectivity index (χ4n) is 3.34. The van der Waals surface area contributed by atoms with Crippen LogP contribution >= 0.6 is 0 Å². The molecule has 1 saturated carbocycles. The molecule has 1 aromatic carbocycles. The lowest BCUT2D eigenvalue weighted by atomic mass is 9.93. The van der Waals surface area contributed by atoms with Crippen LogP contribution in [0.3, 0.4) is 0 Å². The van der Waals surface area contributed by atoms with Crippen molar-refractivity contribution in [1.82, 2.24) is 15.3 Å². The number of anilines is 1. The lowest BCUT2D eigenvalue weighted by Gasteiger charge is -2.29. The molecule has 8 heteroatoms. The summed E-state index contributed by atoms with van der Waals surface area (Å²) in [7, 11) is 1.54. The monoisotopic (exact) mass is 414 g/mol. The van der Waals surface area contributed by atoms with Crippen molar-refractivity contribution in [3.05, 3.63) is 36.7 Å². The predicted molar refractivity (Wildman–Crippen MR) is 114 cm³/mol. The zero-order valence-corrected chi connectivity index (χ0v) is 17.6. The zero-order chi connectivity index (χ0) is 21.2. The topological polar surface area (TPSA) is 94.6 Å². The number of carbonyl (C=O) groups excluding carboxylic acids is 1. The van der Waals surface area contributed by atoms with Crippen molar-refractivity contribution in [1.29, 1.82) is 0 Å². The molecule has 3 rings (SSSR count). The van der Waals surface area contributed by atoms with E-state index in [0.717, 1.165) is 50.0 Å². The van der Waals surface area contributed by atoms with E-state index < -0.39 is 0 Å². The van der Waals surface area contributed by atoms with Crippen LogP contribution in [-0.2, 0) is 0 Å². The Morgan fingerprint density at radius 1 is 1.07 bits per heavy atom. The number of aromatic nitrogens is 2. The second kappa shape index (κ2) is 11.2. The third-order valence-corrected chi connectivity index (χ3v) is 4.99. The number of hydrogen-bond acceptors (Lipinski definition) is 6. The highest BCUT2D eigenvalue weighted by molar-refractivity contribution is 5.89. The van der Waals surface area contributed by atoms with Gasteiger partial charge < -0.3 is 24.8 Å². The Kier molecular flexibility index (Phi) is 8.11. The van der Waals surface area contributed by atoms with Gasteiger partial charge in [-0.3, -0.25) is 0 Å². The average molecular weight is 415 g/mol. The van der Waals surface area contributed by atoms with E-state index in [1.165, 1.54) is 0 Å². The molecule has 0 saturated heterocycles. The van der Waals surface area contributed by atoms with Crippen LogP contribution in [0.5, 0.6) is 17.5 Å². The van der Waals surface area contributed by atoms with Crippen molar-refractivity contribution in [2.24, 2.45) is 0 Å². The Labute approximate surface area is 177 Å². The van der Waals surface area contributed by atoms with Crippen LogP contribution in [0.4, 0.5) is 10.5 Å². The minimum absolute atomic E-state index is 0.0389. The first-order valence-electron chi connectivity index (χ1n) is 10.5. The summed E-state index contributed by atoms with van der Waals surface area (Å²) in [5, 5.41) is 5.92. The summed E-state index contributed by atoms with van der Waals surface area (Å²) >= 11 is 0. The number of benzene rings is 1. The van der Waals surface area contributed by atoms with Crippen LogP contribution in [0.1, 0.15) is 45.4 Å². The number of carbonyl (C=O) groups is 1. The van der Waals surface area contributed by atoms with Gasteiger partial charge in [0.05, 0.1) is 13.7 Å². The van der Waals surface area contributed by atoms with Crippen LogP contribution in [0.2, 0.25) is 0 Å². The SMILES string of the molecule is CCCCOc1ccc(NC(=O)NC2CCC(Oc3nccnc3OC)CC2)cc1. The fraction of sp³-hybridized carbons (Fsp3) is 0.500. The van der Waals surface area contributed by atoms with Gasteiger partial charge in [-0.25, -0.2) is 14.8 Å². The van der Waals surface area contributed by atoms with Crippen LogP contribution in [-0.4, -0.2) is 41.9 Å². The molecule has 1 heterocycles. The molecular weight excluding hydrogens is 384 g/mol. The van der Waals surface area contributed by atoms with Crippen molar-refractivity contribution in [3.63, 3.8) is 0 Å². The number of hydrogen-bond donors (Lipinski definition) is 2. The van der Waals surface area contributed by atoms with Gasteiger partial charge in [-0.1, -0.05) is 13.3 Å². The van der Waals surface area contributed by atoms with E-state index in [-0.39, 0.29) is 18.2 Å². The standard InChI is InChI=1S/C22H30N4O4/c1-3-4-15-29-18-9-5-16(6-10-18)25-22(27)26-17-7-11-19(12-8-17)30-21-20(28-2)23-13-14-24-21/h5-6,9-10,13-14,17,19H,3-4,7-8,11-12,15H2,1-2H3,(H2,25,26,27). The molecule has 162 valence electrons. The lowest BCUT2D eigenvalue weighted by molar-refractivity contribution is 0.129. The summed E-state index contributed by atoms with van der Waals surface area (Å²) in [5.74, 6) is 1.61. The number of nitrogens with zero attached hydrogens (tertiary/aromatic N) is 2. The largest absolute Gasteiger partial charge is 0.494 e. The highest BCUT2D eigenvalue weighted by Crippen LogP contribution is 2.27. The summed E-state index contributed by atoms with van der Waals surface area (Å²) in [6.07, 6.45) is 8.65. The molecule has 1 aliphatic carbocycles. The normalized spacial score (nSPS) is 18.3. The molecule has 1 aliphatic rings. The first-order chi connectivity index (χ1) is 14.7.